The van der Waals surface area contributed by atoms with E-state index in [1.165, 1.54) is 0 Å². The highest BCUT2D eigenvalue weighted by molar-refractivity contribution is 9.10. The smallest absolute Gasteiger partial charge is 0.238 e. The minimum atomic E-state index is -3.69. The van der Waals surface area contributed by atoms with Gasteiger partial charge in [-0.15, -0.1) is 0 Å². The number of hydrogen-bond donors (Lipinski definition) is 2. The van der Waals surface area contributed by atoms with E-state index < -0.39 is 10.0 Å². The first-order valence-corrected chi connectivity index (χ1v) is 8.32. The van der Waals surface area contributed by atoms with Crippen molar-refractivity contribution in [2.24, 2.45) is 5.14 Å². The molecule has 0 bridgehead atoms. The van der Waals surface area contributed by atoms with Gasteiger partial charge in [0, 0.05) is 16.7 Å². The molecule has 0 aliphatic heterocycles. The summed E-state index contributed by atoms with van der Waals surface area (Å²) in [6.07, 6.45) is 0. The zero-order valence-corrected chi connectivity index (χ0v) is 13.3. The average Bonchev–Trinajstić information content (AvgIpc) is 2.38. The topological polar surface area (TPSA) is 72.2 Å². The number of nitrogens with two attached hydrogens (primary N) is 1. The van der Waals surface area contributed by atoms with Gasteiger partial charge >= 0.3 is 0 Å². The second-order valence-corrected chi connectivity index (χ2v) is 6.95. The summed E-state index contributed by atoms with van der Waals surface area (Å²) in [6, 6.07) is 13.0. The van der Waals surface area contributed by atoms with Gasteiger partial charge in [0.05, 0.1) is 4.90 Å². The van der Waals surface area contributed by atoms with E-state index in [1.807, 2.05) is 30.3 Å². The Hall–Kier alpha value is -1.37. The minimum absolute atomic E-state index is 0.151. The van der Waals surface area contributed by atoms with Crippen molar-refractivity contribution in [2.45, 2.75) is 18.4 Å². The number of primary sulfonamides is 1. The van der Waals surface area contributed by atoms with Crippen LogP contribution in [0.2, 0.25) is 0 Å². The zero-order chi connectivity index (χ0) is 14.8. The van der Waals surface area contributed by atoms with Crippen molar-refractivity contribution in [3.05, 3.63) is 58.1 Å². The Kier molecular flexibility index (Phi) is 4.47. The quantitative estimate of drug-likeness (QED) is 0.886. The van der Waals surface area contributed by atoms with Crippen LogP contribution in [0.5, 0.6) is 0 Å². The van der Waals surface area contributed by atoms with Crippen molar-refractivity contribution < 1.29 is 8.42 Å². The average molecular weight is 355 g/mol. The first-order chi connectivity index (χ1) is 9.36. The molecule has 2 aromatic carbocycles. The fourth-order valence-electron chi connectivity index (χ4n) is 1.82. The minimum Gasteiger partial charge on any atom is -0.381 e. The number of sulfonamides is 1. The van der Waals surface area contributed by atoms with Crippen molar-refractivity contribution in [1.29, 1.82) is 0 Å². The number of halogens is 1. The Morgan fingerprint density at radius 3 is 2.40 bits per heavy atom. The molecule has 0 amide bonds. The largest absolute Gasteiger partial charge is 0.381 e. The zero-order valence-electron chi connectivity index (χ0n) is 10.9. The summed E-state index contributed by atoms with van der Waals surface area (Å²) < 4.78 is 23.9. The number of nitrogens with one attached hydrogen (secondary N) is 1. The lowest BCUT2D eigenvalue weighted by atomic mass is 10.2. The molecule has 106 valence electrons. The van der Waals surface area contributed by atoms with Crippen LogP contribution in [-0.2, 0) is 16.6 Å². The van der Waals surface area contributed by atoms with Gasteiger partial charge in [0.2, 0.25) is 10.0 Å². The van der Waals surface area contributed by atoms with Crippen LogP contribution in [0.3, 0.4) is 0 Å². The SMILES string of the molecule is Cc1ccc(NCc2ccc(Br)cc2)cc1S(N)(=O)=O. The highest BCUT2D eigenvalue weighted by Crippen LogP contribution is 2.20. The maximum absolute atomic E-state index is 11.5. The fraction of sp³-hybridized carbons (Fsp3) is 0.143. The molecule has 20 heavy (non-hydrogen) atoms. The van der Waals surface area contributed by atoms with Gasteiger partial charge in [-0.1, -0.05) is 34.1 Å². The third-order valence-corrected chi connectivity index (χ3v) is 4.49. The Bertz CT molecular complexity index is 712. The molecule has 0 aliphatic rings. The van der Waals surface area contributed by atoms with Gasteiger partial charge in [-0.3, -0.25) is 0 Å². The summed E-state index contributed by atoms with van der Waals surface area (Å²) in [5.74, 6) is 0. The van der Waals surface area contributed by atoms with Crippen LogP contribution in [0, 0.1) is 6.92 Å². The van der Waals surface area contributed by atoms with Gasteiger partial charge in [-0.2, -0.15) is 0 Å². The molecule has 0 heterocycles. The number of anilines is 1. The Morgan fingerprint density at radius 1 is 1.15 bits per heavy atom. The molecule has 0 unspecified atom stereocenters. The van der Waals surface area contributed by atoms with E-state index >= 15 is 0 Å². The second kappa shape index (κ2) is 5.95. The van der Waals surface area contributed by atoms with Crippen LogP contribution in [0.1, 0.15) is 11.1 Å². The molecule has 6 heteroatoms. The molecule has 0 aliphatic carbocycles. The van der Waals surface area contributed by atoms with E-state index in [-0.39, 0.29) is 4.90 Å². The molecule has 2 rings (SSSR count). The Balaban J connectivity index is 2.16. The summed E-state index contributed by atoms with van der Waals surface area (Å²) in [7, 11) is -3.69. The van der Waals surface area contributed by atoms with Crippen molar-refractivity contribution in [2.75, 3.05) is 5.32 Å². The standard InChI is InChI=1S/C14H15BrN2O2S/c1-10-2-7-13(8-14(10)20(16,18)19)17-9-11-3-5-12(15)6-4-11/h2-8,17H,9H2,1H3,(H2,16,18,19). The van der Waals surface area contributed by atoms with E-state index in [1.54, 1.807) is 19.1 Å². The molecule has 0 saturated carbocycles. The van der Waals surface area contributed by atoms with E-state index in [9.17, 15) is 8.42 Å². The molecule has 0 aromatic heterocycles. The predicted octanol–water partition coefficient (Wildman–Crippen LogP) is 3.02. The van der Waals surface area contributed by atoms with Crippen molar-refractivity contribution in [3.8, 4) is 0 Å². The summed E-state index contributed by atoms with van der Waals surface area (Å²) >= 11 is 3.38. The van der Waals surface area contributed by atoms with Crippen LogP contribution in [0.4, 0.5) is 5.69 Å². The Labute approximate surface area is 127 Å². The number of benzene rings is 2. The van der Waals surface area contributed by atoms with Gasteiger partial charge < -0.3 is 5.32 Å². The molecule has 0 saturated heterocycles. The lowest BCUT2D eigenvalue weighted by Crippen LogP contribution is -2.14. The van der Waals surface area contributed by atoms with Crippen LogP contribution in [0.25, 0.3) is 0 Å². The summed E-state index contributed by atoms with van der Waals surface area (Å²) in [5.41, 5.74) is 2.47. The number of aryl methyl sites for hydroxylation is 1. The summed E-state index contributed by atoms with van der Waals surface area (Å²) in [5, 5.41) is 8.37. The fourth-order valence-corrected chi connectivity index (χ4v) is 2.90. The van der Waals surface area contributed by atoms with E-state index in [4.69, 9.17) is 5.14 Å². The molecule has 2 aromatic rings. The van der Waals surface area contributed by atoms with E-state index in [2.05, 4.69) is 21.2 Å². The molecule has 4 nitrogen and oxygen atoms in total. The summed E-state index contributed by atoms with van der Waals surface area (Å²) in [6.45, 7) is 2.33. The third kappa shape index (κ3) is 3.82. The monoisotopic (exact) mass is 354 g/mol. The molecule has 0 radical (unpaired) electrons. The van der Waals surface area contributed by atoms with Crippen LogP contribution >= 0.6 is 15.9 Å². The lowest BCUT2D eigenvalue weighted by Gasteiger charge is -2.10. The van der Waals surface area contributed by atoms with E-state index in [0.29, 0.717) is 12.1 Å². The van der Waals surface area contributed by atoms with E-state index in [0.717, 1.165) is 15.7 Å². The van der Waals surface area contributed by atoms with Crippen LogP contribution < -0.4 is 10.5 Å². The number of rotatable bonds is 4. The maximum Gasteiger partial charge on any atom is 0.238 e. The van der Waals surface area contributed by atoms with Gasteiger partial charge in [-0.25, -0.2) is 13.6 Å². The lowest BCUT2D eigenvalue weighted by molar-refractivity contribution is 0.597. The molecule has 0 fully saturated rings. The highest BCUT2D eigenvalue weighted by atomic mass is 79.9. The Morgan fingerprint density at radius 2 is 1.80 bits per heavy atom. The van der Waals surface area contributed by atoms with Gasteiger partial charge in [0.1, 0.15) is 0 Å². The predicted molar refractivity (Wildman–Crippen MR) is 84.0 cm³/mol. The van der Waals surface area contributed by atoms with Gasteiger partial charge in [0.15, 0.2) is 0 Å². The first-order valence-electron chi connectivity index (χ1n) is 5.98. The summed E-state index contributed by atoms with van der Waals surface area (Å²) in [4.78, 5) is 0.151. The molecule has 3 N–H and O–H groups in total. The highest BCUT2D eigenvalue weighted by Gasteiger charge is 2.11. The molecular weight excluding hydrogens is 340 g/mol. The first kappa shape index (κ1) is 15.0. The second-order valence-electron chi connectivity index (χ2n) is 4.51. The van der Waals surface area contributed by atoms with Crippen LogP contribution in [0.15, 0.2) is 51.8 Å². The molecule has 0 atom stereocenters. The maximum atomic E-state index is 11.5. The third-order valence-electron chi connectivity index (χ3n) is 2.90. The van der Waals surface area contributed by atoms with Crippen molar-refractivity contribution in [3.63, 3.8) is 0 Å². The number of hydrogen-bond acceptors (Lipinski definition) is 3. The molecule has 0 spiro atoms. The van der Waals surface area contributed by atoms with Gasteiger partial charge in [0.25, 0.3) is 0 Å². The van der Waals surface area contributed by atoms with Crippen molar-refractivity contribution in [1.82, 2.24) is 0 Å². The molecular formula is C14H15BrN2O2S. The van der Waals surface area contributed by atoms with Crippen LogP contribution in [-0.4, -0.2) is 8.42 Å². The van der Waals surface area contributed by atoms with Crippen molar-refractivity contribution >= 4 is 31.6 Å². The van der Waals surface area contributed by atoms with Gasteiger partial charge in [-0.05, 0) is 42.3 Å². The normalized spacial score (nSPS) is 11.3.